The molecule has 1 unspecified atom stereocenters. The summed E-state index contributed by atoms with van der Waals surface area (Å²) in [4.78, 5) is 4.60. The van der Waals surface area contributed by atoms with Gasteiger partial charge in [-0.1, -0.05) is 32.9 Å². The zero-order valence-electron chi connectivity index (χ0n) is 17.0. The van der Waals surface area contributed by atoms with Crippen LogP contribution in [-0.2, 0) is 10.2 Å². The van der Waals surface area contributed by atoms with E-state index in [1.54, 1.807) is 0 Å². The molecular weight excluding hydrogens is 387 g/mol. The van der Waals surface area contributed by atoms with Crippen molar-refractivity contribution < 1.29 is 14.6 Å². The van der Waals surface area contributed by atoms with Crippen LogP contribution in [0.25, 0.3) is 0 Å². The van der Waals surface area contributed by atoms with Gasteiger partial charge in [-0.05, 0) is 30.2 Å². The second-order valence-electron chi connectivity index (χ2n) is 7.96. The van der Waals surface area contributed by atoms with Crippen LogP contribution in [0.2, 0.25) is 0 Å². The number of nitrogens with zero attached hydrogens (tertiary/aromatic N) is 2. The standard InChI is InChI=1S/C20H34N2O3.2ClH/c1-20(2,3)17-5-7-19(8-6-17)25-14-13-24-16-18(23)15-22-11-9-21(4)10-12-22;;/h5-8,18,23H,9-16H2,1-4H3;2*1H. The molecule has 0 saturated carbocycles. The molecule has 1 fully saturated rings. The molecule has 1 aliphatic rings. The van der Waals surface area contributed by atoms with Gasteiger partial charge in [0.1, 0.15) is 12.4 Å². The van der Waals surface area contributed by atoms with Crippen LogP contribution in [0.15, 0.2) is 24.3 Å². The lowest BCUT2D eigenvalue weighted by Gasteiger charge is -2.33. The minimum Gasteiger partial charge on any atom is -0.491 e. The minimum absolute atomic E-state index is 0. The Labute approximate surface area is 176 Å². The molecule has 0 bridgehead atoms. The molecule has 1 aromatic carbocycles. The first kappa shape index (κ1) is 26.4. The second kappa shape index (κ2) is 12.8. The van der Waals surface area contributed by atoms with E-state index in [4.69, 9.17) is 9.47 Å². The number of rotatable bonds is 8. The largest absolute Gasteiger partial charge is 0.491 e. The first-order valence-electron chi connectivity index (χ1n) is 9.24. The van der Waals surface area contributed by atoms with Gasteiger partial charge in [-0.25, -0.2) is 0 Å². The Hall–Kier alpha value is -0.560. The molecule has 5 nitrogen and oxygen atoms in total. The molecule has 2 rings (SSSR count). The van der Waals surface area contributed by atoms with E-state index in [0.717, 1.165) is 31.9 Å². The molecule has 7 heteroatoms. The summed E-state index contributed by atoms with van der Waals surface area (Å²) in [6.07, 6.45) is -0.436. The molecule has 0 amide bonds. The normalized spacial score (nSPS) is 16.9. The van der Waals surface area contributed by atoms with Crippen LogP contribution >= 0.6 is 24.8 Å². The fourth-order valence-corrected chi connectivity index (χ4v) is 2.87. The van der Waals surface area contributed by atoms with Crippen molar-refractivity contribution in [3.8, 4) is 5.75 Å². The van der Waals surface area contributed by atoms with Gasteiger partial charge in [0, 0.05) is 32.7 Å². The number of hydrogen-bond acceptors (Lipinski definition) is 5. The van der Waals surface area contributed by atoms with Gasteiger partial charge in [-0.3, -0.25) is 4.90 Å². The number of halogens is 2. The average molecular weight is 423 g/mol. The zero-order valence-corrected chi connectivity index (χ0v) is 18.7. The van der Waals surface area contributed by atoms with Crippen molar-refractivity contribution in [2.24, 2.45) is 0 Å². The molecule has 1 N–H and O–H groups in total. The molecule has 0 radical (unpaired) electrons. The average Bonchev–Trinajstić information content (AvgIpc) is 2.56. The van der Waals surface area contributed by atoms with E-state index in [0.29, 0.717) is 26.4 Å². The van der Waals surface area contributed by atoms with Crippen molar-refractivity contribution in [3.05, 3.63) is 29.8 Å². The number of piperazine rings is 1. The third-order valence-electron chi connectivity index (χ3n) is 4.59. The van der Waals surface area contributed by atoms with Gasteiger partial charge in [-0.2, -0.15) is 0 Å². The van der Waals surface area contributed by atoms with E-state index in [-0.39, 0.29) is 30.2 Å². The fourth-order valence-electron chi connectivity index (χ4n) is 2.87. The summed E-state index contributed by atoms with van der Waals surface area (Å²) >= 11 is 0. The Kier molecular flexibility index (Phi) is 12.5. The van der Waals surface area contributed by atoms with Crippen LogP contribution in [0.1, 0.15) is 26.3 Å². The van der Waals surface area contributed by atoms with E-state index in [2.05, 4.69) is 49.8 Å². The number of β-amino-alcohol motifs (C(OH)–C–C–N with tert-alkyl or cyclic N) is 1. The molecule has 0 spiro atoms. The van der Waals surface area contributed by atoms with E-state index in [9.17, 15) is 5.11 Å². The Bertz CT molecular complexity index is 501. The maximum Gasteiger partial charge on any atom is 0.119 e. The highest BCUT2D eigenvalue weighted by atomic mass is 35.5. The lowest BCUT2D eigenvalue weighted by Crippen LogP contribution is -2.47. The number of aliphatic hydroxyl groups excluding tert-OH is 1. The van der Waals surface area contributed by atoms with E-state index in [1.165, 1.54) is 5.56 Å². The zero-order chi connectivity index (χ0) is 18.3. The van der Waals surface area contributed by atoms with Gasteiger partial charge in [0.2, 0.25) is 0 Å². The van der Waals surface area contributed by atoms with Crippen molar-refractivity contribution in [1.29, 1.82) is 0 Å². The quantitative estimate of drug-likeness (QED) is 0.652. The molecular formula is C20H36Cl2N2O3. The molecule has 0 aliphatic carbocycles. The SMILES string of the molecule is CN1CCN(CC(O)COCCOc2ccc(C(C)(C)C)cc2)CC1.Cl.Cl. The van der Waals surface area contributed by atoms with Gasteiger partial charge >= 0.3 is 0 Å². The maximum absolute atomic E-state index is 10.1. The van der Waals surface area contributed by atoms with Gasteiger partial charge in [0.15, 0.2) is 0 Å². The monoisotopic (exact) mass is 422 g/mol. The lowest BCUT2D eigenvalue weighted by atomic mass is 9.87. The van der Waals surface area contributed by atoms with Crippen LogP contribution in [0.3, 0.4) is 0 Å². The Morgan fingerprint density at radius 1 is 1.00 bits per heavy atom. The Morgan fingerprint density at radius 2 is 1.59 bits per heavy atom. The number of likely N-dealkylation sites (N-methyl/N-ethyl adjacent to an activating group) is 1. The van der Waals surface area contributed by atoms with Crippen molar-refractivity contribution in [2.75, 3.05) is 59.6 Å². The molecule has 1 heterocycles. The summed E-state index contributed by atoms with van der Waals surface area (Å²) in [5.41, 5.74) is 1.45. The van der Waals surface area contributed by atoms with Crippen LogP contribution in [0.4, 0.5) is 0 Å². The third kappa shape index (κ3) is 9.97. The summed E-state index contributed by atoms with van der Waals surface area (Å²) in [7, 11) is 2.13. The van der Waals surface area contributed by atoms with Gasteiger partial charge < -0.3 is 19.5 Å². The number of benzene rings is 1. The summed E-state index contributed by atoms with van der Waals surface area (Å²) in [6, 6.07) is 8.22. The van der Waals surface area contributed by atoms with E-state index >= 15 is 0 Å². The third-order valence-corrected chi connectivity index (χ3v) is 4.59. The van der Waals surface area contributed by atoms with Crippen molar-refractivity contribution in [1.82, 2.24) is 9.80 Å². The number of aliphatic hydroxyl groups is 1. The summed E-state index contributed by atoms with van der Waals surface area (Å²) in [5, 5.41) is 10.1. The van der Waals surface area contributed by atoms with Crippen LogP contribution in [-0.4, -0.2) is 80.6 Å². The minimum atomic E-state index is -0.436. The summed E-state index contributed by atoms with van der Waals surface area (Å²) in [5.74, 6) is 0.856. The smallest absolute Gasteiger partial charge is 0.119 e. The highest BCUT2D eigenvalue weighted by Crippen LogP contribution is 2.24. The van der Waals surface area contributed by atoms with Crippen LogP contribution in [0.5, 0.6) is 5.75 Å². The van der Waals surface area contributed by atoms with Crippen molar-refractivity contribution in [3.63, 3.8) is 0 Å². The Balaban J connectivity index is 0.00000338. The molecule has 1 atom stereocenters. The second-order valence-corrected chi connectivity index (χ2v) is 7.96. The molecule has 0 aromatic heterocycles. The Morgan fingerprint density at radius 3 is 2.15 bits per heavy atom. The van der Waals surface area contributed by atoms with Crippen molar-refractivity contribution >= 4 is 24.8 Å². The number of hydrogen-bond donors (Lipinski definition) is 1. The van der Waals surface area contributed by atoms with Crippen molar-refractivity contribution in [2.45, 2.75) is 32.3 Å². The number of ether oxygens (including phenoxy) is 2. The highest BCUT2D eigenvalue weighted by molar-refractivity contribution is 5.85. The molecule has 27 heavy (non-hydrogen) atoms. The highest BCUT2D eigenvalue weighted by Gasteiger charge is 2.17. The fraction of sp³-hybridized carbons (Fsp3) is 0.700. The van der Waals surface area contributed by atoms with Gasteiger partial charge in [0.05, 0.1) is 19.3 Å². The van der Waals surface area contributed by atoms with E-state index < -0.39 is 6.10 Å². The van der Waals surface area contributed by atoms with Gasteiger partial charge in [0.25, 0.3) is 0 Å². The first-order chi connectivity index (χ1) is 11.8. The predicted octanol–water partition coefficient (Wildman–Crippen LogP) is 2.83. The topological polar surface area (TPSA) is 45.2 Å². The van der Waals surface area contributed by atoms with E-state index in [1.807, 2.05) is 12.1 Å². The molecule has 158 valence electrons. The molecule has 1 aliphatic heterocycles. The lowest BCUT2D eigenvalue weighted by molar-refractivity contribution is 0.00149. The first-order valence-corrected chi connectivity index (χ1v) is 9.24. The van der Waals surface area contributed by atoms with Crippen LogP contribution in [0, 0.1) is 0 Å². The van der Waals surface area contributed by atoms with Crippen LogP contribution < -0.4 is 4.74 Å². The summed E-state index contributed by atoms with van der Waals surface area (Å²) in [6.45, 7) is 12.8. The molecule has 1 aromatic rings. The van der Waals surface area contributed by atoms with Gasteiger partial charge in [-0.15, -0.1) is 24.8 Å². The molecule has 1 saturated heterocycles. The summed E-state index contributed by atoms with van der Waals surface area (Å²) < 4.78 is 11.2. The maximum atomic E-state index is 10.1. The predicted molar refractivity (Wildman–Crippen MR) is 116 cm³/mol.